The Balaban J connectivity index is 1.78. The van der Waals surface area contributed by atoms with Crippen LogP contribution in [0.25, 0.3) is 0 Å². The molecule has 3 aromatic rings. The van der Waals surface area contributed by atoms with Gasteiger partial charge in [0, 0.05) is 12.1 Å². The van der Waals surface area contributed by atoms with Gasteiger partial charge in [-0.15, -0.1) is 0 Å². The minimum atomic E-state index is -3.88. The predicted octanol–water partition coefficient (Wildman–Crippen LogP) is 5.03. The van der Waals surface area contributed by atoms with E-state index in [9.17, 15) is 13.2 Å². The van der Waals surface area contributed by atoms with Crippen LogP contribution in [0.4, 0.5) is 11.4 Å². The van der Waals surface area contributed by atoms with Crippen LogP contribution < -0.4 is 19.5 Å². The molecule has 0 aliphatic heterocycles. The zero-order valence-corrected chi connectivity index (χ0v) is 18.1. The van der Waals surface area contributed by atoms with Gasteiger partial charge in [-0.05, 0) is 61.5 Å². The summed E-state index contributed by atoms with van der Waals surface area (Å²) in [7, 11) is -3.88. The third-order valence-electron chi connectivity index (χ3n) is 4.24. The molecule has 0 spiro atoms. The number of hydrogen-bond donors (Lipinski definition) is 2. The van der Waals surface area contributed by atoms with E-state index in [0.717, 1.165) is 0 Å². The van der Waals surface area contributed by atoms with E-state index >= 15 is 0 Å². The highest BCUT2D eigenvalue weighted by Crippen LogP contribution is 2.29. The van der Waals surface area contributed by atoms with Crippen molar-refractivity contribution in [3.8, 4) is 17.2 Å². The largest absolute Gasteiger partial charge is 0.492 e. The highest BCUT2D eigenvalue weighted by Gasteiger charge is 2.18. The van der Waals surface area contributed by atoms with E-state index in [2.05, 4.69) is 10.0 Å². The summed E-state index contributed by atoms with van der Waals surface area (Å²) in [6.07, 6.45) is 0.262. The molecule has 31 heavy (non-hydrogen) atoms. The summed E-state index contributed by atoms with van der Waals surface area (Å²) in [5.41, 5.74) is 0.691. The van der Waals surface area contributed by atoms with Gasteiger partial charge in [-0.25, -0.2) is 8.42 Å². The smallest absolute Gasteiger partial charge is 0.261 e. The Hall–Kier alpha value is -3.52. The maximum absolute atomic E-state index is 12.9. The number of amides is 1. The van der Waals surface area contributed by atoms with Crippen molar-refractivity contribution in [3.63, 3.8) is 0 Å². The number of sulfonamides is 1. The van der Waals surface area contributed by atoms with Crippen molar-refractivity contribution >= 4 is 27.3 Å². The van der Waals surface area contributed by atoms with Crippen LogP contribution in [0, 0.1) is 0 Å². The first-order chi connectivity index (χ1) is 14.9. The van der Waals surface area contributed by atoms with Crippen LogP contribution in [0.1, 0.15) is 20.3 Å². The molecular formula is C23H24N2O5S. The molecule has 0 aliphatic rings. The second kappa shape index (κ2) is 9.99. The summed E-state index contributed by atoms with van der Waals surface area (Å²) in [5.74, 6) is 1.44. The molecule has 162 valence electrons. The monoisotopic (exact) mass is 440 g/mol. The van der Waals surface area contributed by atoms with Crippen molar-refractivity contribution in [2.45, 2.75) is 25.2 Å². The number of nitrogens with one attached hydrogen (secondary N) is 2. The molecule has 0 radical (unpaired) electrons. The van der Waals surface area contributed by atoms with Gasteiger partial charge in [0.1, 0.15) is 17.2 Å². The van der Waals surface area contributed by atoms with Gasteiger partial charge in [-0.2, -0.15) is 0 Å². The summed E-state index contributed by atoms with van der Waals surface area (Å²) in [5, 5.41) is 2.68. The Morgan fingerprint density at radius 3 is 2.23 bits per heavy atom. The van der Waals surface area contributed by atoms with E-state index in [1.54, 1.807) is 31.2 Å². The van der Waals surface area contributed by atoms with Crippen molar-refractivity contribution in [2.24, 2.45) is 0 Å². The first kappa shape index (κ1) is 22.2. The lowest BCUT2D eigenvalue weighted by atomic mass is 10.3. The molecule has 0 heterocycles. The number of ether oxygens (including phenoxy) is 2. The van der Waals surface area contributed by atoms with Crippen molar-refractivity contribution < 1.29 is 22.7 Å². The van der Waals surface area contributed by atoms with Crippen molar-refractivity contribution in [1.82, 2.24) is 0 Å². The lowest BCUT2D eigenvalue weighted by molar-refractivity contribution is -0.115. The van der Waals surface area contributed by atoms with Gasteiger partial charge < -0.3 is 14.8 Å². The third kappa shape index (κ3) is 5.99. The fourth-order valence-electron chi connectivity index (χ4n) is 2.72. The van der Waals surface area contributed by atoms with Gasteiger partial charge in [-0.3, -0.25) is 9.52 Å². The molecule has 0 bridgehead atoms. The van der Waals surface area contributed by atoms with Crippen LogP contribution in [0.15, 0.2) is 77.7 Å². The van der Waals surface area contributed by atoms with Gasteiger partial charge in [0.15, 0.2) is 0 Å². The number of carbonyl (C=O) groups is 1. The minimum absolute atomic E-state index is 0.00645. The van der Waals surface area contributed by atoms with Crippen LogP contribution in [0.3, 0.4) is 0 Å². The average Bonchev–Trinajstić information content (AvgIpc) is 2.77. The van der Waals surface area contributed by atoms with Crippen LogP contribution >= 0.6 is 0 Å². The first-order valence-corrected chi connectivity index (χ1v) is 11.3. The van der Waals surface area contributed by atoms with E-state index in [4.69, 9.17) is 9.47 Å². The van der Waals surface area contributed by atoms with Crippen LogP contribution in [0.2, 0.25) is 0 Å². The second-order valence-corrected chi connectivity index (χ2v) is 8.22. The zero-order chi connectivity index (χ0) is 22.3. The Morgan fingerprint density at radius 1 is 0.903 bits per heavy atom. The molecule has 0 saturated carbocycles. The second-order valence-electron chi connectivity index (χ2n) is 6.54. The molecule has 7 nitrogen and oxygen atoms in total. The van der Waals surface area contributed by atoms with E-state index in [1.807, 2.05) is 37.3 Å². The third-order valence-corrected chi connectivity index (χ3v) is 5.62. The number of rotatable bonds is 9. The normalized spacial score (nSPS) is 10.9. The molecule has 0 unspecified atom stereocenters. The van der Waals surface area contributed by atoms with E-state index in [0.29, 0.717) is 35.2 Å². The molecule has 1 amide bonds. The molecule has 0 aromatic heterocycles. The number of carbonyl (C=O) groups excluding carboxylic acids is 1. The molecule has 3 rings (SSSR count). The lowest BCUT2D eigenvalue weighted by Gasteiger charge is -2.14. The highest BCUT2D eigenvalue weighted by atomic mass is 32.2. The van der Waals surface area contributed by atoms with Crippen LogP contribution in [0.5, 0.6) is 17.2 Å². The Bertz CT molecular complexity index is 1130. The fraction of sp³-hybridized carbons (Fsp3) is 0.174. The minimum Gasteiger partial charge on any atom is -0.492 e. The molecule has 8 heteroatoms. The number of benzene rings is 3. The SMILES string of the molecule is CCOc1ccc(S(=O)(=O)Nc2ccc(Oc3ccccc3)cc2)cc1NC(=O)CC. The standard InChI is InChI=1S/C23H24N2O5S/c1-3-23(26)24-21-16-20(14-15-22(21)29-4-2)31(27,28)25-17-10-12-19(13-11-17)30-18-8-6-5-7-9-18/h5-16,25H,3-4H2,1-2H3,(H,24,26). The summed E-state index contributed by atoms with van der Waals surface area (Å²) >= 11 is 0. The maximum atomic E-state index is 12.9. The van der Waals surface area contributed by atoms with Gasteiger partial charge >= 0.3 is 0 Å². The Labute approximate surface area is 182 Å². The summed E-state index contributed by atoms with van der Waals surface area (Å²) in [4.78, 5) is 11.8. The molecular weight excluding hydrogens is 416 g/mol. The van der Waals surface area contributed by atoms with E-state index < -0.39 is 10.0 Å². The summed E-state index contributed by atoms with van der Waals surface area (Å²) in [6.45, 7) is 3.91. The lowest BCUT2D eigenvalue weighted by Crippen LogP contribution is -2.15. The van der Waals surface area contributed by atoms with Crippen molar-refractivity contribution in [1.29, 1.82) is 0 Å². The van der Waals surface area contributed by atoms with Crippen molar-refractivity contribution in [3.05, 3.63) is 72.8 Å². The van der Waals surface area contributed by atoms with Gasteiger partial charge in [0.25, 0.3) is 10.0 Å². The summed E-state index contributed by atoms with van der Waals surface area (Å²) in [6, 6.07) is 20.2. The summed E-state index contributed by atoms with van der Waals surface area (Å²) < 4.78 is 39.5. The van der Waals surface area contributed by atoms with E-state index in [-0.39, 0.29) is 17.2 Å². The number of hydrogen-bond acceptors (Lipinski definition) is 5. The number of anilines is 2. The average molecular weight is 441 g/mol. The first-order valence-electron chi connectivity index (χ1n) is 9.83. The van der Waals surface area contributed by atoms with E-state index in [1.165, 1.54) is 18.2 Å². The predicted molar refractivity (Wildman–Crippen MR) is 120 cm³/mol. The quantitative estimate of drug-likeness (QED) is 0.487. The maximum Gasteiger partial charge on any atom is 0.261 e. The molecule has 0 saturated heterocycles. The molecule has 2 N–H and O–H groups in total. The molecule has 0 aliphatic carbocycles. The van der Waals surface area contributed by atoms with Gasteiger partial charge in [0.05, 0.1) is 17.2 Å². The number of para-hydroxylation sites is 1. The highest BCUT2D eigenvalue weighted by molar-refractivity contribution is 7.92. The molecule has 0 fully saturated rings. The Kier molecular flexibility index (Phi) is 7.15. The van der Waals surface area contributed by atoms with Crippen LogP contribution in [-0.4, -0.2) is 20.9 Å². The Morgan fingerprint density at radius 2 is 1.58 bits per heavy atom. The zero-order valence-electron chi connectivity index (χ0n) is 17.3. The van der Waals surface area contributed by atoms with Crippen molar-refractivity contribution in [2.75, 3.05) is 16.6 Å². The van der Waals surface area contributed by atoms with Gasteiger partial charge in [-0.1, -0.05) is 25.1 Å². The van der Waals surface area contributed by atoms with Gasteiger partial charge in [0.2, 0.25) is 5.91 Å². The fourth-order valence-corrected chi connectivity index (χ4v) is 3.81. The molecule has 3 aromatic carbocycles. The van der Waals surface area contributed by atoms with Crippen LogP contribution in [-0.2, 0) is 14.8 Å². The molecule has 0 atom stereocenters. The topological polar surface area (TPSA) is 93.7 Å².